The number of carbonyl (C=O) groups excluding carboxylic acids is 2. The molecule has 0 radical (unpaired) electrons. The minimum absolute atomic E-state index is 0. The van der Waals surface area contributed by atoms with Gasteiger partial charge in [-0.3, -0.25) is 20.4 Å². The molecule has 6 fully saturated rings. The Hall–Kier alpha value is -3.40. The van der Waals surface area contributed by atoms with Gasteiger partial charge in [0.05, 0.1) is 35.1 Å². The van der Waals surface area contributed by atoms with Crippen molar-refractivity contribution in [2.45, 2.75) is 48.3 Å². The normalized spacial score (nSPS) is 23.9. The van der Waals surface area contributed by atoms with Crippen molar-refractivity contribution < 1.29 is 41.4 Å². The Labute approximate surface area is 286 Å². The maximum absolute atomic E-state index is 12.7. The van der Waals surface area contributed by atoms with E-state index >= 15 is 0 Å². The lowest BCUT2D eigenvalue weighted by Gasteiger charge is -2.34. The maximum Gasteiger partial charge on any atom is 0.270 e. The molecule has 272 valence electrons. The topological polar surface area (TPSA) is 241 Å². The Morgan fingerprint density at radius 2 is 0.959 bits per heavy atom. The van der Waals surface area contributed by atoms with Crippen LogP contribution in [0.4, 0.5) is 0 Å². The van der Waals surface area contributed by atoms with Crippen LogP contribution in [0.25, 0.3) is 0 Å². The van der Waals surface area contributed by atoms with E-state index in [0.29, 0.717) is 23.3 Å². The molecule has 0 unspecified atom stereocenters. The maximum atomic E-state index is 12.7. The lowest BCUT2D eigenvalue weighted by molar-refractivity contribution is -0.0561. The molecule has 0 saturated carbocycles. The number of carbonyl (C=O) groups is 2. The molecule has 6 saturated heterocycles. The second-order valence-electron chi connectivity index (χ2n) is 12.3. The lowest BCUT2D eigenvalue weighted by Crippen LogP contribution is -2.53. The molecule has 2 aromatic carbocycles. The summed E-state index contributed by atoms with van der Waals surface area (Å²) in [6.07, 6.45) is 6.61. The molecular formula is C30H46N8O9S2. The van der Waals surface area contributed by atoms with Crippen molar-refractivity contribution in [1.29, 1.82) is 0 Å². The fourth-order valence-electron chi connectivity index (χ4n) is 6.48. The summed E-state index contributed by atoms with van der Waals surface area (Å²) in [5.74, 6) is 1.19. The van der Waals surface area contributed by atoms with Gasteiger partial charge in [0, 0.05) is 39.3 Å². The fourth-order valence-corrected chi connectivity index (χ4v) is 7.56. The average molecular weight is 727 g/mol. The van der Waals surface area contributed by atoms with Crippen LogP contribution in [0.2, 0.25) is 0 Å². The third-order valence-electron chi connectivity index (χ3n) is 9.31. The summed E-state index contributed by atoms with van der Waals surface area (Å²) < 4.78 is 56.5. The molecule has 6 heterocycles. The number of hydrogen-bond donors (Lipinski definition) is 4. The Kier molecular flexibility index (Phi) is 12.6. The van der Waals surface area contributed by atoms with E-state index in [0.717, 1.165) is 77.8 Å². The van der Waals surface area contributed by atoms with Crippen LogP contribution in [-0.2, 0) is 20.0 Å². The molecule has 8 rings (SSSR count). The number of nitrogens with two attached hydrogens (primary N) is 2. The number of methoxy groups -OCH3 is 2. The number of nitrogens with one attached hydrogen (secondary N) is 2. The third kappa shape index (κ3) is 9.44. The zero-order valence-corrected chi connectivity index (χ0v) is 29.3. The van der Waals surface area contributed by atoms with E-state index in [4.69, 9.17) is 19.8 Å². The Bertz CT molecular complexity index is 1590. The van der Waals surface area contributed by atoms with Gasteiger partial charge in [-0.25, -0.2) is 37.1 Å². The summed E-state index contributed by atoms with van der Waals surface area (Å²) in [5.41, 5.74) is 6.01. The Morgan fingerprint density at radius 1 is 0.633 bits per heavy atom. The van der Waals surface area contributed by atoms with Gasteiger partial charge in [0.1, 0.15) is 11.5 Å². The van der Waals surface area contributed by atoms with Crippen LogP contribution in [0, 0.1) is 11.8 Å². The van der Waals surface area contributed by atoms with Gasteiger partial charge >= 0.3 is 0 Å². The van der Waals surface area contributed by atoms with Crippen molar-refractivity contribution >= 4 is 31.9 Å². The fraction of sp³-hybridized carbons (Fsp3) is 0.533. The highest BCUT2D eigenvalue weighted by atomic mass is 32.2. The third-order valence-corrected chi connectivity index (χ3v) is 11.1. The summed E-state index contributed by atoms with van der Waals surface area (Å²) in [5, 5.41) is 18.2. The first-order valence-electron chi connectivity index (χ1n) is 15.8. The van der Waals surface area contributed by atoms with E-state index in [1.54, 1.807) is 0 Å². The van der Waals surface area contributed by atoms with Crippen molar-refractivity contribution in [1.82, 2.24) is 31.1 Å². The van der Waals surface area contributed by atoms with Crippen LogP contribution in [0.1, 0.15) is 59.2 Å². The van der Waals surface area contributed by atoms with Crippen LogP contribution < -0.4 is 30.6 Å². The molecule has 0 aromatic heterocycles. The molecule has 6 aliphatic rings. The first kappa shape index (κ1) is 38.4. The molecule has 19 heteroatoms. The molecule has 0 atom stereocenters. The SMILES string of the molecule is COc1ccc(S(N)(=O)=O)cc1C(=O)NN1CCC2CCN1CC2.COc1ccc(S(N)(=O)=O)cc1C(=O)NN1CCC2CCN1CC2.O. The number of fused-ring (bicyclic) bond motifs is 8. The smallest absolute Gasteiger partial charge is 0.270 e. The lowest BCUT2D eigenvalue weighted by atomic mass is 9.96. The molecule has 0 aliphatic carbocycles. The van der Waals surface area contributed by atoms with Gasteiger partial charge in [0.25, 0.3) is 11.8 Å². The minimum atomic E-state index is -3.89. The average Bonchev–Trinajstić information content (AvgIpc) is 3.55. The molecule has 0 spiro atoms. The van der Waals surface area contributed by atoms with E-state index in [1.165, 1.54) is 50.6 Å². The highest BCUT2D eigenvalue weighted by Gasteiger charge is 2.32. The molecular weight excluding hydrogens is 681 g/mol. The Morgan fingerprint density at radius 3 is 1.27 bits per heavy atom. The van der Waals surface area contributed by atoms with Gasteiger partial charge in [0.15, 0.2) is 0 Å². The predicted molar refractivity (Wildman–Crippen MR) is 179 cm³/mol. The van der Waals surface area contributed by atoms with Gasteiger partial charge in [-0.1, -0.05) is 0 Å². The van der Waals surface area contributed by atoms with Gasteiger partial charge < -0.3 is 14.9 Å². The van der Waals surface area contributed by atoms with E-state index in [1.807, 2.05) is 10.2 Å². The van der Waals surface area contributed by atoms with Gasteiger partial charge in [0.2, 0.25) is 20.0 Å². The van der Waals surface area contributed by atoms with E-state index in [9.17, 15) is 26.4 Å². The summed E-state index contributed by atoms with van der Waals surface area (Å²) in [6, 6.07) is 8.00. The standard InChI is InChI=1S/2C15H22N4O4S.H2O/c2*1-23-14-3-2-12(24(16,21)22)10-13(14)15(20)17-19-9-6-11-4-7-18(19)8-5-11;/h2*2-3,10-11H,4-9H2,1H3,(H,17,20)(H2,16,21,22);1H2. The number of ether oxygens (including phenoxy) is 2. The van der Waals surface area contributed by atoms with Crippen LogP contribution in [-0.4, -0.2) is 108 Å². The predicted octanol–water partition coefficient (Wildman–Crippen LogP) is -0.184. The van der Waals surface area contributed by atoms with Crippen LogP contribution in [0.15, 0.2) is 46.2 Å². The van der Waals surface area contributed by atoms with Gasteiger partial charge in [-0.2, -0.15) is 10.2 Å². The number of hydrogen-bond acceptors (Lipinski definition) is 12. The summed E-state index contributed by atoms with van der Waals surface area (Å²) in [7, 11) is -4.92. The molecule has 2 amide bonds. The molecule has 4 bridgehead atoms. The summed E-state index contributed by atoms with van der Waals surface area (Å²) >= 11 is 0. The quantitative estimate of drug-likeness (QED) is 0.277. The van der Waals surface area contributed by atoms with E-state index < -0.39 is 31.9 Å². The number of hydrazine groups is 4. The number of rotatable bonds is 8. The number of amides is 2. The second kappa shape index (κ2) is 16.1. The number of piperidine rings is 2. The summed E-state index contributed by atoms with van der Waals surface area (Å²) in [6.45, 7) is 5.15. The van der Waals surface area contributed by atoms with Crippen LogP contribution in [0.5, 0.6) is 11.5 Å². The first-order valence-corrected chi connectivity index (χ1v) is 18.9. The van der Waals surface area contributed by atoms with Crippen LogP contribution >= 0.6 is 0 Å². The van der Waals surface area contributed by atoms with Gasteiger partial charge in [-0.05, 0) is 86.8 Å². The first-order chi connectivity index (χ1) is 22.8. The van der Waals surface area contributed by atoms with Crippen molar-refractivity contribution in [2.75, 3.05) is 53.5 Å². The zero-order chi connectivity index (χ0) is 34.6. The number of primary sulfonamides is 2. The highest BCUT2D eigenvalue weighted by Crippen LogP contribution is 2.28. The summed E-state index contributed by atoms with van der Waals surface area (Å²) in [4.78, 5) is 25.1. The molecule has 49 heavy (non-hydrogen) atoms. The minimum Gasteiger partial charge on any atom is -0.496 e. The molecule has 8 N–H and O–H groups in total. The number of nitrogens with zero attached hydrogens (tertiary/aromatic N) is 4. The van der Waals surface area contributed by atoms with Gasteiger partial charge in [-0.15, -0.1) is 0 Å². The van der Waals surface area contributed by atoms with Crippen molar-refractivity contribution in [3.05, 3.63) is 47.5 Å². The number of benzene rings is 2. The second-order valence-corrected chi connectivity index (χ2v) is 15.4. The van der Waals surface area contributed by atoms with Crippen molar-refractivity contribution in [3.63, 3.8) is 0 Å². The number of sulfonamides is 2. The van der Waals surface area contributed by atoms with Crippen molar-refractivity contribution in [3.8, 4) is 11.5 Å². The molecule has 6 aliphatic heterocycles. The monoisotopic (exact) mass is 726 g/mol. The molecule has 17 nitrogen and oxygen atoms in total. The Balaban J connectivity index is 0.000000216. The van der Waals surface area contributed by atoms with E-state index in [-0.39, 0.29) is 26.4 Å². The largest absolute Gasteiger partial charge is 0.496 e. The highest BCUT2D eigenvalue weighted by molar-refractivity contribution is 7.89. The zero-order valence-electron chi connectivity index (χ0n) is 27.6. The van der Waals surface area contributed by atoms with E-state index in [2.05, 4.69) is 20.9 Å². The van der Waals surface area contributed by atoms with Crippen molar-refractivity contribution in [2.24, 2.45) is 22.1 Å². The molecule has 2 aromatic rings. The van der Waals surface area contributed by atoms with Crippen LogP contribution in [0.3, 0.4) is 0 Å².